The number of halogens is 3. The van der Waals surface area contributed by atoms with E-state index in [9.17, 15) is 14.0 Å². The van der Waals surface area contributed by atoms with E-state index in [0.29, 0.717) is 13.1 Å². The predicted molar refractivity (Wildman–Crippen MR) is 169 cm³/mol. The highest BCUT2D eigenvalue weighted by molar-refractivity contribution is 5.95. The van der Waals surface area contributed by atoms with E-state index < -0.39 is 34.4 Å². The van der Waals surface area contributed by atoms with Crippen LogP contribution >= 0.6 is 0 Å². The van der Waals surface area contributed by atoms with Crippen LogP contribution in [0.1, 0.15) is 50.4 Å². The molecule has 1 aliphatic heterocycles. The molecule has 0 bridgehead atoms. The lowest BCUT2D eigenvalue weighted by atomic mass is 9.99. The summed E-state index contributed by atoms with van der Waals surface area (Å²) in [6.07, 6.45) is 4.20. The van der Waals surface area contributed by atoms with Gasteiger partial charge in [0.1, 0.15) is 22.7 Å². The Labute approximate surface area is 263 Å². The van der Waals surface area contributed by atoms with Crippen molar-refractivity contribution in [1.29, 1.82) is 0 Å². The normalized spacial score (nSPS) is 17.0. The van der Waals surface area contributed by atoms with Crippen molar-refractivity contribution >= 4 is 33.7 Å². The minimum absolute atomic E-state index is 0.00321. The maximum atomic E-state index is 16.2. The van der Waals surface area contributed by atoms with Gasteiger partial charge in [-0.2, -0.15) is 4.98 Å². The summed E-state index contributed by atoms with van der Waals surface area (Å²) < 4.78 is 53.1. The van der Waals surface area contributed by atoms with Gasteiger partial charge in [-0.3, -0.25) is 14.3 Å². The van der Waals surface area contributed by atoms with Gasteiger partial charge in [-0.25, -0.2) is 22.9 Å². The third-order valence-electron chi connectivity index (χ3n) is 8.66. The minimum Gasteiger partial charge on any atom is -0.464 e. The lowest BCUT2D eigenvalue weighted by molar-refractivity contribution is -0.128. The number of rotatable bonds is 6. The summed E-state index contributed by atoms with van der Waals surface area (Å²) in [6.45, 7) is 13.8. The first kappa shape index (κ1) is 31.0. The molecule has 6 rings (SSSR count). The minimum atomic E-state index is -1.33. The monoisotopic (exact) mass is 630 g/mol. The van der Waals surface area contributed by atoms with Gasteiger partial charge in [0.05, 0.1) is 23.8 Å². The molecule has 0 aliphatic carbocycles. The molecule has 1 aliphatic rings. The molecule has 0 spiro atoms. The maximum absolute atomic E-state index is 16.2. The number of nitrogens with zero attached hydrogens (tertiary/aromatic N) is 6. The number of aryl methyl sites for hydroxylation is 1. The highest BCUT2D eigenvalue weighted by Crippen LogP contribution is 2.37. The Morgan fingerprint density at radius 3 is 2.59 bits per heavy atom. The van der Waals surface area contributed by atoms with Crippen molar-refractivity contribution in [3.63, 3.8) is 0 Å². The Morgan fingerprint density at radius 2 is 1.87 bits per heavy atom. The van der Waals surface area contributed by atoms with E-state index in [0.717, 1.165) is 29.0 Å². The number of amides is 1. The highest BCUT2D eigenvalue weighted by atomic mass is 19.2. The van der Waals surface area contributed by atoms with Gasteiger partial charge in [0.2, 0.25) is 5.91 Å². The Balaban J connectivity index is 1.62. The number of carbonyl (C=O) groups excluding carboxylic acids is 1. The smallest absolute Gasteiger partial charge is 0.351 e. The number of aromatic nitrogens is 4. The predicted octanol–water partition coefficient (Wildman–Crippen LogP) is 6.11. The molecule has 0 saturated carbocycles. The van der Waals surface area contributed by atoms with Gasteiger partial charge in [0, 0.05) is 42.5 Å². The first-order chi connectivity index (χ1) is 21.9. The van der Waals surface area contributed by atoms with Crippen LogP contribution in [-0.4, -0.2) is 55.5 Å². The van der Waals surface area contributed by atoms with Crippen molar-refractivity contribution in [1.82, 2.24) is 24.4 Å². The van der Waals surface area contributed by atoms with Gasteiger partial charge in [-0.15, -0.1) is 0 Å². The number of carbonyl (C=O) groups is 1. The van der Waals surface area contributed by atoms with Gasteiger partial charge in [-0.05, 0) is 68.2 Å². The summed E-state index contributed by atoms with van der Waals surface area (Å²) in [4.78, 5) is 43.5. The molecule has 5 heterocycles. The zero-order chi connectivity index (χ0) is 33.0. The number of fused-ring (bicyclic) bond motifs is 2. The van der Waals surface area contributed by atoms with E-state index in [2.05, 4.69) is 21.5 Å². The number of anilines is 1. The topological polar surface area (TPSA) is 97.4 Å². The molecule has 2 atom stereocenters. The summed E-state index contributed by atoms with van der Waals surface area (Å²) >= 11 is 0. The van der Waals surface area contributed by atoms with E-state index in [4.69, 9.17) is 4.42 Å². The second kappa shape index (κ2) is 11.7. The van der Waals surface area contributed by atoms with Crippen LogP contribution < -0.4 is 10.6 Å². The van der Waals surface area contributed by atoms with Crippen LogP contribution in [0.3, 0.4) is 0 Å². The standard InChI is InChI=1S/C34H33F3N6O3/c1-7-26(44)41-14-20(6)42(15-19(41)5)33-22-13-25(36)30(27-28(37)24(35)12-21-9-11-46-31(21)27)39-32(22)43(34(45)40-33)16-23-18(4)8-10-38-29(23)17(2)3/h7-13,17,19-20H,1,14-16H2,2-6H3/t19-,20+/m1/s1. The molecule has 1 saturated heterocycles. The van der Waals surface area contributed by atoms with Crippen molar-refractivity contribution in [3.05, 3.63) is 94.1 Å². The first-order valence-electron chi connectivity index (χ1n) is 15.0. The number of furan rings is 1. The van der Waals surface area contributed by atoms with Crippen LogP contribution in [0.2, 0.25) is 0 Å². The van der Waals surface area contributed by atoms with E-state index in [1.54, 1.807) is 11.1 Å². The summed E-state index contributed by atoms with van der Waals surface area (Å²) in [5, 5.41) is 0.425. The fourth-order valence-electron chi connectivity index (χ4n) is 6.27. The summed E-state index contributed by atoms with van der Waals surface area (Å²) in [5.74, 6) is -3.50. The second-order valence-corrected chi connectivity index (χ2v) is 12.1. The molecule has 9 nitrogen and oxygen atoms in total. The molecular formula is C34H33F3N6O3. The van der Waals surface area contributed by atoms with Gasteiger partial charge in [0.25, 0.3) is 0 Å². The molecule has 0 unspecified atom stereocenters. The molecule has 1 amide bonds. The molecule has 1 aromatic carbocycles. The van der Waals surface area contributed by atoms with E-state index in [1.165, 1.54) is 23.0 Å². The van der Waals surface area contributed by atoms with Crippen LogP contribution in [0, 0.1) is 24.4 Å². The molecule has 0 radical (unpaired) electrons. The van der Waals surface area contributed by atoms with E-state index in [-0.39, 0.29) is 58.3 Å². The first-order valence-corrected chi connectivity index (χ1v) is 15.0. The van der Waals surface area contributed by atoms with Gasteiger partial charge in [-0.1, -0.05) is 20.4 Å². The molecule has 12 heteroatoms. The SMILES string of the molecule is C=CC(=O)N1C[C@H](C)N(c2nc(=O)n(Cc3c(C)ccnc3C(C)C)c3nc(-c4c(F)c(F)cc5ccoc45)c(F)cc23)C[C@H]1C. The Kier molecular flexibility index (Phi) is 7.91. The number of benzene rings is 1. The summed E-state index contributed by atoms with van der Waals surface area (Å²) in [5.41, 5.74) is 0.695. The quantitative estimate of drug-likeness (QED) is 0.209. The maximum Gasteiger partial charge on any atom is 0.351 e. The average molecular weight is 631 g/mol. The molecular weight excluding hydrogens is 597 g/mol. The number of hydrogen-bond donors (Lipinski definition) is 0. The number of pyridine rings is 2. The summed E-state index contributed by atoms with van der Waals surface area (Å²) in [7, 11) is 0. The Hall–Kier alpha value is -5.00. The van der Waals surface area contributed by atoms with Crippen LogP contribution in [0.25, 0.3) is 33.3 Å². The zero-order valence-corrected chi connectivity index (χ0v) is 26.1. The second-order valence-electron chi connectivity index (χ2n) is 12.1. The fraction of sp³-hybridized carbons (Fsp3) is 0.324. The molecule has 5 aromatic rings. The van der Waals surface area contributed by atoms with E-state index in [1.807, 2.05) is 45.6 Å². The third kappa shape index (κ3) is 5.11. The van der Waals surface area contributed by atoms with E-state index >= 15 is 8.78 Å². The molecule has 0 N–H and O–H groups in total. The van der Waals surface area contributed by atoms with Crippen molar-refractivity contribution in [2.45, 2.75) is 59.2 Å². The lowest BCUT2D eigenvalue weighted by Crippen LogP contribution is -2.58. The van der Waals surface area contributed by atoms with Crippen LogP contribution in [0.15, 0.2) is 58.6 Å². The van der Waals surface area contributed by atoms with Gasteiger partial charge < -0.3 is 14.2 Å². The van der Waals surface area contributed by atoms with Gasteiger partial charge in [0.15, 0.2) is 17.5 Å². The van der Waals surface area contributed by atoms with Gasteiger partial charge >= 0.3 is 5.69 Å². The van der Waals surface area contributed by atoms with Crippen molar-refractivity contribution in [2.75, 3.05) is 18.0 Å². The van der Waals surface area contributed by atoms with Crippen molar-refractivity contribution in [3.8, 4) is 11.3 Å². The van der Waals surface area contributed by atoms with Crippen molar-refractivity contribution in [2.24, 2.45) is 0 Å². The number of piperazine rings is 1. The zero-order valence-electron chi connectivity index (χ0n) is 26.1. The highest BCUT2D eigenvalue weighted by Gasteiger charge is 2.34. The molecule has 1 fully saturated rings. The van der Waals surface area contributed by atoms with Crippen LogP contribution in [0.4, 0.5) is 19.0 Å². The van der Waals surface area contributed by atoms with Crippen molar-refractivity contribution < 1.29 is 22.4 Å². The Morgan fingerprint density at radius 1 is 1.11 bits per heavy atom. The van der Waals surface area contributed by atoms with Crippen LogP contribution in [0.5, 0.6) is 0 Å². The Bertz CT molecular complexity index is 2090. The third-order valence-corrected chi connectivity index (χ3v) is 8.66. The lowest BCUT2D eigenvalue weighted by Gasteiger charge is -2.44. The van der Waals surface area contributed by atoms with Crippen LogP contribution in [-0.2, 0) is 11.3 Å². The molecule has 46 heavy (non-hydrogen) atoms. The average Bonchev–Trinajstić information content (AvgIpc) is 3.48. The fourth-order valence-corrected chi connectivity index (χ4v) is 6.27. The molecule has 4 aromatic heterocycles. The largest absolute Gasteiger partial charge is 0.464 e. The molecule has 238 valence electrons. The number of hydrogen-bond acceptors (Lipinski definition) is 7. The summed E-state index contributed by atoms with van der Waals surface area (Å²) in [6, 6.07) is 4.79.